The Morgan fingerprint density at radius 1 is 1.29 bits per heavy atom. The number of amides is 1. The normalized spacial score (nSPS) is 27.4. The quantitative estimate of drug-likeness (QED) is 0.671. The first-order valence-corrected chi connectivity index (χ1v) is 7.92. The first-order valence-electron chi connectivity index (χ1n) is 7.92. The standard InChI is InChI=1S/C16H30N2O3/c1-10-5-6-11(2)12(10)7-8-16(3,4)18-15(21)13(17)9-14(19)20/h10-13H,5-9,17H2,1-4H3,(H,18,21)(H,19,20)/t10?,11?,12?,13-/m0/s1. The number of hydrogen-bond acceptors (Lipinski definition) is 3. The SMILES string of the molecule is CC1CCC(C)C1CCC(C)(C)NC(=O)[C@@H](N)CC(=O)O. The minimum atomic E-state index is -1.05. The van der Waals surface area contributed by atoms with Gasteiger partial charge >= 0.3 is 5.97 Å². The molecule has 5 nitrogen and oxygen atoms in total. The van der Waals surface area contributed by atoms with Gasteiger partial charge < -0.3 is 16.2 Å². The Hall–Kier alpha value is -1.10. The number of carboxylic acids is 1. The molecule has 0 heterocycles. The molecule has 1 saturated carbocycles. The Kier molecular flexibility index (Phi) is 6.20. The monoisotopic (exact) mass is 298 g/mol. The van der Waals surface area contributed by atoms with E-state index in [1.807, 2.05) is 13.8 Å². The molecule has 0 radical (unpaired) electrons. The number of carbonyl (C=O) groups is 2. The lowest BCUT2D eigenvalue weighted by atomic mass is 9.83. The van der Waals surface area contributed by atoms with Crippen molar-refractivity contribution in [3.8, 4) is 0 Å². The molecule has 0 aromatic carbocycles. The van der Waals surface area contributed by atoms with Gasteiger partial charge in [0.25, 0.3) is 0 Å². The van der Waals surface area contributed by atoms with Crippen LogP contribution in [-0.4, -0.2) is 28.6 Å². The van der Waals surface area contributed by atoms with Gasteiger partial charge in [-0.25, -0.2) is 0 Å². The number of nitrogens with two attached hydrogens (primary N) is 1. The van der Waals surface area contributed by atoms with Crippen LogP contribution in [0.4, 0.5) is 0 Å². The largest absolute Gasteiger partial charge is 0.481 e. The van der Waals surface area contributed by atoms with Crippen molar-refractivity contribution in [2.24, 2.45) is 23.5 Å². The molecule has 0 aromatic rings. The van der Waals surface area contributed by atoms with E-state index in [-0.39, 0.29) is 17.9 Å². The van der Waals surface area contributed by atoms with E-state index < -0.39 is 12.0 Å². The third-order valence-corrected chi connectivity index (χ3v) is 4.83. The Balaban J connectivity index is 2.45. The summed E-state index contributed by atoms with van der Waals surface area (Å²) in [5, 5.41) is 11.6. The van der Waals surface area contributed by atoms with Gasteiger partial charge in [0.15, 0.2) is 0 Å². The predicted octanol–water partition coefficient (Wildman–Crippen LogP) is 2.15. The van der Waals surface area contributed by atoms with Gasteiger partial charge in [0.1, 0.15) is 0 Å². The molecule has 0 aromatic heterocycles. The summed E-state index contributed by atoms with van der Waals surface area (Å²) >= 11 is 0. The van der Waals surface area contributed by atoms with Crippen LogP contribution in [0.3, 0.4) is 0 Å². The van der Waals surface area contributed by atoms with E-state index in [2.05, 4.69) is 19.2 Å². The highest BCUT2D eigenvalue weighted by atomic mass is 16.4. The van der Waals surface area contributed by atoms with E-state index in [1.54, 1.807) is 0 Å². The summed E-state index contributed by atoms with van der Waals surface area (Å²) in [6.45, 7) is 8.57. The molecule has 3 atom stereocenters. The van der Waals surface area contributed by atoms with Crippen LogP contribution < -0.4 is 11.1 Å². The zero-order chi connectivity index (χ0) is 16.2. The van der Waals surface area contributed by atoms with Crippen LogP contribution in [0.15, 0.2) is 0 Å². The number of aliphatic carboxylic acids is 1. The summed E-state index contributed by atoms with van der Waals surface area (Å²) in [6.07, 6.45) is 4.23. The average Bonchev–Trinajstić information content (AvgIpc) is 2.65. The first-order chi connectivity index (χ1) is 9.62. The molecule has 1 aliphatic carbocycles. The molecule has 2 unspecified atom stereocenters. The number of carboxylic acid groups (broad SMARTS) is 1. The lowest BCUT2D eigenvalue weighted by molar-refractivity contribution is -0.139. The summed E-state index contributed by atoms with van der Waals surface area (Å²) < 4.78 is 0. The van der Waals surface area contributed by atoms with Gasteiger partial charge in [-0.2, -0.15) is 0 Å². The third-order valence-electron chi connectivity index (χ3n) is 4.83. The van der Waals surface area contributed by atoms with Crippen molar-refractivity contribution < 1.29 is 14.7 Å². The molecule has 4 N–H and O–H groups in total. The topological polar surface area (TPSA) is 92.4 Å². The molecule has 1 amide bonds. The molecular formula is C16H30N2O3. The molecule has 1 rings (SSSR count). The molecule has 0 aliphatic heterocycles. The van der Waals surface area contributed by atoms with Gasteiger partial charge in [-0.1, -0.05) is 26.7 Å². The van der Waals surface area contributed by atoms with Crippen LogP contribution in [0.1, 0.15) is 59.8 Å². The lowest BCUT2D eigenvalue weighted by Crippen LogP contribution is -2.51. The van der Waals surface area contributed by atoms with E-state index >= 15 is 0 Å². The van der Waals surface area contributed by atoms with Gasteiger partial charge in [-0.3, -0.25) is 9.59 Å². The van der Waals surface area contributed by atoms with Crippen LogP contribution in [0.25, 0.3) is 0 Å². The Morgan fingerprint density at radius 3 is 2.29 bits per heavy atom. The highest BCUT2D eigenvalue weighted by molar-refractivity contribution is 5.86. The first kappa shape index (κ1) is 18.0. The maximum absolute atomic E-state index is 11.9. The lowest BCUT2D eigenvalue weighted by Gasteiger charge is -2.30. The number of hydrogen-bond donors (Lipinski definition) is 3. The van der Waals surface area contributed by atoms with Crippen molar-refractivity contribution in [3.05, 3.63) is 0 Å². The maximum Gasteiger partial charge on any atom is 0.305 e. The second kappa shape index (κ2) is 7.25. The third kappa shape index (κ3) is 5.65. The highest BCUT2D eigenvalue weighted by Crippen LogP contribution is 2.40. The molecule has 5 heteroatoms. The van der Waals surface area contributed by atoms with Crippen LogP contribution in [-0.2, 0) is 9.59 Å². The van der Waals surface area contributed by atoms with E-state index in [0.29, 0.717) is 5.92 Å². The Labute approximate surface area is 127 Å². The van der Waals surface area contributed by atoms with Crippen LogP contribution in [0, 0.1) is 17.8 Å². The van der Waals surface area contributed by atoms with E-state index in [0.717, 1.165) is 24.7 Å². The Morgan fingerprint density at radius 2 is 1.81 bits per heavy atom. The molecule has 21 heavy (non-hydrogen) atoms. The minimum Gasteiger partial charge on any atom is -0.481 e. The van der Waals surface area contributed by atoms with Gasteiger partial charge in [0.05, 0.1) is 12.5 Å². The number of carbonyl (C=O) groups excluding carboxylic acids is 1. The minimum absolute atomic E-state index is 0.335. The van der Waals surface area contributed by atoms with Gasteiger partial charge in [0.2, 0.25) is 5.91 Å². The zero-order valence-corrected chi connectivity index (χ0v) is 13.7. The van der Waals surface area contributed by atoms with E-state index in [9.17, 15) is 9.59 Å². The van der Waals surface area contributed by atoms with Crippen molar-refractivity contribution in [1.82, 2.24) is 5.32 Å². The molecular weight excluding hydrogens is 268 g/mol. The summed E-state index contributed by atoms with van der Waals surface area (Å²) in [6, 6.07) is -0.980. The summed E-state index contributed by atoms with van der Waals surface area (Å²) in [4.78, 5) is 22.5. The summed E-state index contributed by atoms with van der Waals surface area (Å²) in [5.41, 5.74) is 5.24. The molecule has 1 aliphatic rings. The number of nitrogens with one attached hydrogen (secondary N) is 1. The molecule has 0 spiro atoms. The fourth-order valence-electron chi connectivity index (χ4n) is 3.38. The molecule has 122 valence electrons. The fraction of sp³-hybridized carbons (Fsp3) is 0.875. The van der Waals surface area contributed by atoms with Crippen molar-refractivity contribution >= 4 is 11.9 Å². The second-order valence-electron chi connectivity index (χ2n) is 7.31. The second-order valence-corrected chi connectivity index (χ2v) is 7.31. The Bertz CT molecular complexity index is 372. The van der Waals surface area contributed by atoms with Gasteiger partial charge in [-0.05, 0) is 44.4 Å². The van der Waals surface area contributed by atoms with E-state index in [1.165, 1.54) is 12.8 Å². The zero-order valence-electron chi connectivity index (χ0n) is 13.7. The van der Waals surface area contributed by atoms with Crippen molar-refractivity contribution in [2.45, 2.75) is 71.4 Å². The summed E-state index contributed by atoms with van der Waals surface area (Å²) in [5.74, 6) is 0.786. The van der Waals surface area contributed by atoms with E-state index in [4.69, 9.17) is 10.8 Å². The van der Waals surface area contributed by atoms with Crippen LogP contribution in [0.5, 0.6) is 0 Å². The predicted molar refractivity (Wildman–Crippen MR) is 82.7 cm³/mol. The van der Waals surface area contributed by atoms with Crippen molar-refractivity contribution in [3.63, 3.8) is 0 Å². The van der Waals surface area contributed by atoms with Crippen molar-refractivity contribution in [1.29, 1.82) is 0 Å². The molecule has 0 saturated heterocycles. The van der Waals surface area contributed by atoms with Crippen LogP contribution in [0.2, 0.25) is 0 Å². The molecule has 1 fully saturated rings. The molecule has 0 bridgehead atoms. The highest BCUT2D eigenvalue weighted by Gasteiger charge is 2.32. The summed E-state index contributed by atoms with van der Waals surface area (Å²) in [7, 11) is 0. The van der Waals surface area contributed by atoms with Gasteiger partial charge in [-0.15, -0.1) is 0 Å². The van der Waals surface area contributed by atoms with Crippen molar-refractivity contribution in [2.75, 3.05) is 0 Å². The fourth-order valence-corrected chi connectivity index (χ4v) is 3.38. The maximum atomic E-state index is 11.9. The average molecular weight is 298 g/mol. The number of rotatable bonds is 7. The van der Waals surface area contributed by atoms with Crippen LogP contribution >= 0.6 is 0 Å². The van der Waals surface area contributed by atoms with Gasteiger partial charge in [0, 0.05) is 5.54 Å². The smallest absolute Gasteiger partial charge is 0.305 e.